The molecule has 1 amide bonds. The lowest BCUT2D eigenvalue weighted by molar-refractivity contribution is 0.102. The number of hydrogen-bond donors (Lipinski definition) is 1. The second-order valence-electron chi connectivity index (χ2n) is 7.32. The standard InChI is InChI=1S/C22H20N6O/c1-14-6-7-16(12-23-14)21(29)24-17-10-8-15(9-11-17)19-13-28-20-5-3-2-4-18(20)26-27-22(28)25-19/h6-13H,2-5H2,1H3,(H,24,29). The molecule has 0 unspecified atom stereocenters. The van der Waals surface area contributed by atoms with Crippen LogP contribution in [0.3, 0.4) is 0 Å². The van der Waals surface area contributed by atoms with E-state index in [4.69, 9.17) is 0 Å². The van der Waals surface area contributed by atoms with Crippen LogP contribution < -0.4 is 5.32 Å². The quantitative estimate of drug-likeness (QED) is 0.583. The van der Waals surface area contributed by atoms with Gasteiger partial charge in [-0.05, 0) is 56.9 Å². The fourth-order valence-corrected chi connectivity index (χ4v) is 3.65. The summed E-state index contributed by atoms with van der Waals surface area (Å²) in [6.07, 6.45) is 7.94. The van der Waals surface area contributed by atoms with Crippen LogP contribution >= 0.6 is 0 Å². The Bertz CT molecular complexity index is 1190. The normalized spacial score (nSPS) is 13.3. The number of anilines is 1. The molecule has 29 heavy (non-hydrogen) atoms. The highest BCUT2D eigenvalue weighted by molar-refractivity contribution is 6.04. The summed E-state index contributed by atoms with van der Waals surface area (Å²) in [6, 6.07) is 11.2. The van der Waals surface area contributed by atoms with E-state index in [1.54, 1.807) is 12.3 Å². The van der Waals surface area contributed by atoms with E-state index in [0.29, 0.717) is 11.3 Å². The number of nitrogens with one attached hydrogen (secondary N) is 1. The molecule has 1 aromatic carbocycles. The summed E-state index contributed by atoms with van der Waals surface area (Å²) >= 11 is 0. The lowest BCUT2D eigenvalue weighted by atomic mass is 10.0. The molecule has 1 aliphatic rings. The van der Waals surface area contributed by atoms with Gasteiger partial charge in [0.2, 0.25) is 0 Å². The number of aromatic nitrogens is 5. The van der Waals surface area contributed by atoms with E-state index in [1.807, 2.05) is 43.5 Å². The molecule has 0 fully saturated rings. The molecule has 7 heteroatoms. The molecule has 144 valence electrons. The predicted octanol–water partition coefficient (Wildman–Crippen LogP) is 3.63. The molecule has 7 nitrogen and oxygen atoms in total. The number of amides is 1. The second-order valence-corrected chi connectivity index (χ2v) is 7.32. The van der Waals surface area contributed by atoms with E-state index in [-0.39, 0.29) is 5.91 Å². The number of pyridine rings is 1. The third kappa shape index (κ3) is 3.35. The first kappa shape index (κ1) is 17.5. The van der Waals surface area contributed by atoms with Gasteiger partial charge in [0, 0.05) is 35.0 Å². The zero-order chi connectivity index (χ0) is 19.8. The highest BCUT2D eigenvalue weighted by atomic mass is 16.1. The number of rotatable bonds is 3. The molecule has 0 saturated carbocycles. The number of benzene rings is 1. The van der Waals surface area contributed by atoms with Crippen molar-refractivity contribution in [1.82, 2.24) is 24.6 Å². The molecule has 0 spiro atoms. The first-order valence-electron chi connectivity index (χ1n) is 9.75. The molecular formula is C22H20N6O. The topological polar surface area (TPSA) is 85.1 Å². The lowest BCUT2D eigenvalue weighted by Gasteiger charge is -2.14. The van der Waals surface area contributed by atoms with Crippen LogP contribution in [0.1, 0.15) is 40.3 Å². The van der Waals surface area contributed by atoms with E-state index in [0.717, 1.165) is 41.2 Å². The fourth-order valence-electron chi connectivity index (χ4n) is 3.65. The summed E-state index contributed by atoms with van der Waals surface area (Å²) < 4.78 is 2.07. The Balaban J connectivity index is 1.38. The second kappa shape index (κ2) is 7.09. The molecule has 1 N–H and O–H groups in total. The maximum Gasteiger partial charge on any atom is 0.257 e. The summed E-state index contributed by atoms with van der Waals surface area (Å²) in [5, 5.41) is 11.5. The SMILES string of the molecule is Cc1ccc(C(=O)Nc2ccc(-c3cn4c5c(nnc4n3)CCCC5)cc2)cn1. The Morgan fingerprint density at radius 2 is 1.86 bits per heavy atom. The van der Waals surface area contributed by atoms with Crippen molar-refractivity contribution in [2.75, 3.05) is 5.32 Å². The van der Waals surface area contributed by atoms with E-state index < -0.39 is 0 Å². The molecule has 5 rings (SSSR count). The van der Waals surface area contributed by atoms with Gasteiger partial charge < -0.3 is 5.32 Å². The first-order valence-corrected chi connectivity index (χ1v) is 9.75. The van der Waals surface area contributed by atoms with Gasteiger partial charge in [0.25, 0.3) is 11.7 Å². The van der Waals surface area contributed by atoms with Crippen LogP contribution in [0.4, 0.5) is 5.69 Å². The van der Waals surface area contributed by atoms with E-state index >= 15 is 0 Å². The minimum absolute atomic E-state index is 0.181. The number of hydrogen-bond acceptors (Lipinski definition) is 5. The summed E-state index contributed by atoms with van der Waals surface area (Å²) in [4.78, 5) is 21.1. The van der Waals surface area contributed by atoms with Crippen LogP contribution in [-0.4, -0.2) is 30.5 Å². The summed E-state index contributed by atoms with van der Waals surface area (Å²) in [5.74, 6) is 0.449. The van der Waals surface area contributed by atoms with Crippen LogP contribution in [0.2, 0.25) is 0 Å². The molecule has 3 aromatic heterocycles. The minimum Gasteiger partial charge on any atom is -0.322 e. The summed E-state index contributed by atoms with van der Waals surface area (Å²) in [7, 11) is 0. The monoisotopic (exact) mass is 384 g/mol. The molecule has 0 aliphatic heterocycles. The Hall–Kier alpha value is -3.61. The number of carbonyl (C=O) groups is 1. The Morgan fingerprint density at radius 3 is 2.66 bits per heavy atom. The van der Waals surface area contributed by atoms with Gasteiger partial charge in [0.1, 0.15) is 0 Å². The van der Waals surface area contributed by atoms with E-state index in [9.17, 15) is 4.79 Å². The van der Waals surface area contributed by atoms with Gasteiger partial charge in [-0.25, -0.2) is 4.98 Å². The maximum absolute atomic E-state index is 12.4. The average Bonchev–Trinajstić information content (AvgIpc) is 3.19. The third-order valence-electron chi connectivity index (χ3n) is 5.26. The Kier molecular flexibility index (Phi) is 4.27. The number of aryl methyl sites for hydroxylation is 3. The van der Waals surface area contributed by atoms with Crippen LogP contribution in [0.25, 0.3) is 17.0 Å². The minimum atomic E-state index is -0.181. The van der Waals surface area contributed by atoms with Crippen LogP contribution in [0.15, 0.2) is 48.8 Å². The number of nitrogens with zero attached hydrogens (tertiary/aromatic N) is 5. The van der Waals surface area contributed by atoms with Crippen LogP contribution in [0.5, 0.6) is 0 Å². The van der Waals surface area contributed by atoms with Gasteiger partial charge >= 0.3 is 0 Å². The van der Waals surface area contributed by atoms with Crippen molar-refractivity contribution in [2.24, 2.45) is 0 Å². The number of imidazole rings is 1. The van der Waals surface area contributed by atoms with Crippen molar-refractivity contribution in [3.63, 3.8) is 0 Å². The molecule has 0 saturated heterocycles. The molecule has 1 aliphatic carbocycles. The highest BCUT2D eigenvalue weighted by Crippen LogP contribution is 2.24. The summed E-state index contributed by atoms with van der Waals surface area (Å²) in [6.45, 7) is 1.89. The van der Waals surface area contributed by atoms with E-state index in [1.165, 1.54) is 18.5 Å². The van der Waals surface area contributed by atoms with Gasteiger partial charge in [0.15, 0.2) is 0 Å². The maximum atomic E-state index is 12.4. The van der Waals surface area contributed by atoms with Crippen molar-refractivity contribution in [1.29, 1.82) is 0 Å². The van der Waals surface area contributed by atoms with Crippen molar-refractivity contribution in [2.45, 2.75) is 32.6 Å². The molecule has 0 bridgehead atoms. The van der Waals surface area contributed by atoms with Gasteiger partial charge in [-0.2, -0.15) is 5.10 Å². The predicted molar refractivity (Wildman–Crippen MR) is 110 cm³/mol. The zero-order valence-corrected chi connectivity index (χ0v) is 16.1. The fraction of sp³-hybridized carbons (Fsp3) is 0.227. The molecule has 4 aromatic rings. The molecular weight excluding hydrogens is 364 g/mol. The molecule has 3 heterocycles. The van der Waals surface area contributed by atoms with Gasteiger partial charge in [0.05, 0.1) is 17.0 Å². The van der Waals surface area contributed by atoms with Crippen molar-refractivity contribution >= 4 is 17.4 Å². The zero-order valence-electron chi connectivity index (χ0n) is 16.1. The van der Waals surface area contributed by atoms with Gasteiger partial charge in [-0.3, -0.25) is 14.2 Å². The largest absolute Gasteiger partial charge is 0.322 e. The average molecular weight is 384 g/mol. The molecule has 0 radical (unpaired) electrons. The van der Waals surface area contributed by atoms with Gasteiger partial charge in [-0.15, -0.1) is 5.10 Å². The van der Waals surface area contributed by atoms with E-state index in [2.05, 4.69) is 29.9 Å². The summed E-state index contributed by atoms with van der Waals surface area (Å²) in [5.41, 5.74) is 6.24. The Labute approximate surface area is 167 Å². The lowest BCUT2D eigenvalue weighted by Crippen LogP contribution is -2.12. The molecule has 0 atom stereocenters. The van der Waals surface area contributed by atoms with Crippen molar-refractivity contribution in [3.8, 4) is 11.3 Å². The van der Waals surface area contributed by atoms with Gasteiger partial charge in [-0.1, -0.05) is 12.1 Å². The van der Waals surface area contributed by atoms with Crippen LogP contribution in [-0.2, 0) is 12.8 Å². The highest BCUT2D eigenvalue weighted by Gasteiger charge is 2.17. The van der Waals surface area contributed by atoms with Crippen molar-refractivity contribution in [3.05, 3.63) is 71.4 Å². The number of fused-ring (bicyclic) bond motifs is 3. The Morgan fingerprint density at radius 1 is 1.03 bits per heavy atom. The first-order chi connectivity index (χ1) is 14.2. The van der Waals surface area contributed by atoms with Crippen molar-refractivity contribution < 1.29 is 4.79 Å². The smallest absolute Gasteiger partial charge is 0.257 e. The third-order valence-corrected chi connectivity index (χ3v) is 5.26. The number of carbonyl (C=O) groups excluding carboxylic acids is 1. The van der Waals surface area contributed by atoms with Crippen LogP contribution in [0, 0.1) is 6.92 Å².